The molecule has 0 rings (SSSR count). The van der Waals surface area contributed by atoms with Crippen molar-refractivity contribution in [1.29, 1.82) is 0 Å². The summed E-state index contributed by atoms with van der Waals surface area (Å²) in [5.74, 6) is 0. The quantitative estimate of drug-likeness (QED) is 0.597. The Labute approximate surface area is 64.3 Å². The standard InChI is InChI=1S/C9H19N/c1-4-5-6-9(2,3)7-8-10/h5-6H,4,7-8,10H2,1-3H3/b6-5+. The first-order chi connectivity index (χ1) is 4.62. The molecule has 0 atom stereocenters. The summed E-state index contributed by atoms with van der Waals surface area (Å²) in [6, 6.07) is 0. The molecule has 0 aliphatic rings. The van der Waals surface area contributed by atoms with E-state index < -0.39 is 0 Å². The molecule has 0 aliphatic heterocycles. The number of hydrogen-bond donors (Lipinski definition) is 1. The van der Waals surface area contributed by atoms with Crippen LogP contribution in [0.4, 0.5) is 0 Å². The minimum absolute atomic E-state index is 0.296. The largest absolute Gasteiger partial charge is 0.330 e. The average molecular weight is 141 g/mol. The lowest BCUT2D eigenvalue weighted by atomic mass is 9.89. The van der Waals surface area contributed by atoms with Gasteiger partial charge in [-0.3, -0.25) is 0 Å². The molecule has 0 unspecified atom stereocenters. The molecule has 0 heterocycles. The van der Waals surface area contributed by atoms with Crippen LogP contribution in [-0.4, -0.2) is 6.54 Å². The third-order valence-corrected chi connectivity index (χ3v) is 1.59. The van der Waals surface area contributed by atoms with Gasteiger partial charge in [0.15, 0.2) is 0 Å². The van der Waals surface area contributed by atoms with Crippen LogP contribution in [-0.2, 0) is 0 Å². The van der Waals surface area contributed by atoms with Crippen molar-refractivity contribution >= 4 is 0 Å². The number of nitrogens with two attached hydrogens (primary N) is 1. The maximum atomic E-state index is 5.45. The van der Waals surface area contributed by atoms with Crippen LogP contribution in [0.1, 0.15) is 33.6 Å². The molecule has 0 aromatic heterocycles. The lowest BCUT2D eigenvalue weighted by Crippen LogP contribution is -2.13. The van der Waals surface area contributed by atoms with Gasteiger partial charge in [0, 0.05) is 0 Å². The van der Waals surface area contributed by atoms with Gasteiger partial charge in [-0.05, 0) is 24.8 Å². The molecule has 10 heavy (non-hydrogen) atoms. The van der Waals surface area contributed by atoms with Crippen molar-refractivity contribution in [3.05, 3.63) is 12.2 Å². The van der Waals surface area contributed by atoms with Crippen LogP contribution in [0.25, 0.3) is 0 Å². The Morgan fingerprint density at radius 3 is 2.40 bits per heavy atom. The summed E-state index contributed by atoms with van der Waals surface area (Å²) in [5, 5.41) is 0. The van der Waals surface area contributed by atoms with Gasteiger partial charge in [-0.25, -0.2) is 0 Å². The number of rotatable bonds is 4. The van der Waals surface area contributed by atoms with E-state index in [2.05, 4.69) is 32.9 Å². The second-order valence-corrected chi connectivity index (χ2v) is 3.34. The first kappa shape index (κ1) is 9.70. The van der Waals surface area contributed by atoms with Gasteiger partial charge < -0.3 is 5.73 Å². The molecule has 0 saturated heterocycles. The van der Waals surface area contributed by atoms with Crippen molar-refractivity contribution in [2.24, 2.45) is 11.1 Å². The van der Waals surface area contributed by atoms with E-state index in [1.807, 2.05) is 0 Å². The van der Waals surface area contributed by atoms with Gasteiger partial charge in [-0.15, -0.1) is 0 Å². The van der Waals surface area contributed by atoms with Crippen molar-refractivity contribution < 1.29 is 0 Å². The molecule has 0 spiro atoms. The molecular weight excluding hydrogens is 122 g/mol. The molecule has 1 nitrogen and oxygen atoms in total. The van der Waals surface area contributed by atoms with Crippen molar-refractivity contribution in [3.63, 3.8) is 0 Å². The SMILES string of the molecule is CC/C=C/C(C)(C)CCN. The Kier molecular flexibility index (Phi) is 4.37. The van der Waals surface area contributed by atoms with E-state index in [1.54, 1.807) is 0 Å². The highest BCUT2D eigenvalue weighted by Gasteiger charge is 2.10. The normalized spacial score (nSPS) is 12.8. The smallest absolute Gasteiger partial charge is 0.00692 e. The Bertz CT molecular complexity index is 103. The molecule has 0 aromatic carbocycles. The van der Waals surface area contributed by atoms with Crippen molar-refractivity contribution in [2.45, 2.75) is 33.6 Å². The lowest BCUT2D eigenvalue weighted by molar-refractivity contribution is 0.444. The van der Waals surface area contributed by atoms with Gasteiger partial charge in [-0.2, -0.15) is 0 Å². The van der Waals surface area contributed by atoms with E-state index in [0.717, 1.165) is 19.4 Å². The Hall–Kier alpha value is -0.300. The first-order valence-electron chi connectivity index (χ1n) is 4.00. The zero-order valence-corrected chi connectivity index (χ0v) is 7.35. The van der Waals surface area contributed by atoms with Crippen molar-refractivity contribution in [1.82, 2.24) is 0 Å². The predicted molar refractivity (Wildman–Crippen MR) is 46.9 cm³/mol. The van der Waals surface area contributed by atoms with Gasteiger partial charge in [-0.1, -0.05) is 32.9 Å². The van der Waals surface area contributed by atoms with Crippen LogP contribution >= 0.6 is 0 Å². The molecule has 0 aromatic rings. The summed E-state index contributed by atoms with van der Waals surface area (Å²) in [5.41, 5.74) is 5.75. The third kappa shape index (κ3) is 4.57. The highest BCUT2D eigenvalue weighted by atomic mass is 14.5. The van der Waals surface area contributed by atoms with Crippen LogP contribution in [0.5, 0.6) is 0 Å². The van der Waals surface area contributed by atoms with Gasteiger partial charge in [0.25, 0.3) is 0 Å². The van der Waals surface area contributed by atoms with Crippen LogP contribution in [0.3, 0.4) is 0 Å². The second kappa shape index (κ2) is 4.51. The van der Waals surface area contributed by atoms with E-state index in [0.29, 0.717) is 5.41 Å². The van der Waals surface area contributed by atoms with Crippen LogP contribution in [0, 0.1) is 5.41 Å². The van der Waals surface area contributed by atoms with E-state index >= 15 is 0 Å². The highest BCUT2D eigenvalue weighted by Crippen LogP contribution is 2.20. The molecule has 2 N–H and O–H groups in total. The lowest BCUT2D eigenvalue weighted by Gasteiger charge is -2.18. The molecule has 60 valence electrons. The Morgan fingerprint density at radius 1 is 1.40 bits per heavy atom. The molecule has 1 heteroatoms. The second-order valence-electron chi connectivity index (χ2n) is 3.34. The summed E-state index contributed by atoms with van der Waals surface area (Å²) in [4.78, 5) is 0. The van der Waals surface area contributed by atoms with Crippen molar-refractivity contribution in [3.8, 4) is 0 Å². The summed E-state index contributed by atoms with van der Waals surface area (Å²) >= 11 is 0. The average Bonchev–Trinajstić information content (AvgIpc) is 1.84. The highest BCUT2D eigenvalue weighted by molar-refractivity contribution is 4.94. The zero-order valence-electron chi connectivity index (χ0n) is 7.35. The fourth-order valence-corrected chi connectivity index (χ4v) is 0.892. The minimum Gasteiger partial charge on any atom is -0.330 e. The molecule has 0 radical (unpaired) electrons. The molecule has 0 amide bonds. The summed E-state index contributed by atoms with van der Waals surface area (Å²) in [6.45, 7) is 7.36. The maximum absolute atomic E-state index is 5.45. The third-order valence-electron chi connectivity index (χ3n) is 1.59. The van der Waals surface area contributed by atoms with Gasteiger partial charge in [0.2, 0.25) is 0 Å². The molecule has 0 saturated carbocycles. The Balaban J connectivity index is 3.73. The predicted octanol–water partition coefficient (Wildman–Crippen LogP) is 2.33. The summed E-state index contributed by atoms with van der Waals surface area (Å²) < 4.78 is 0. The zero-order chi connectivity index (χ0) is 8.04. The van der Waals surface area contributed by atoms with E-state index in [-0.39, 0.29) is 0 Å². The molecular formula is C9H19N. The van der Waals surface area contributed by atoms with Crippen LogP contribution in [0.2, 0.25) is 0 Å². The fraction of sp³-hybridized carbons (Fsp3) is 0.778. The monoisotopic (exact) mass is 141 g/mol. The minimum atomic E-state index is 0.296. The van der Waals surface area contributed by atoms with Crippen LogP contribution < -0.4 is 5.73 Å². The number of allylic oxidation sites excluding steroid dienone is 2. The van der Waals surface area contributed by atoms with Crippen LogP contribution in [0.15, 0.2) is 12.2 Å². The van der Waals surface area contributed by atoms with E-state index in [4.69, 9.17) is 5.73 Å². The first-order valence-corrected chi connectivity index (χ1v) is 4.00. The van der Waals surface area contributed by atoms with Gasteiger partial charge in [0.1, 0.15) is 0 Å². The maximum Gasteiger partial charge on any atom is -0.00692 e. The number of hydrogen-bond acceptors (Lipinski definition) is 1. The van der Waals surface area contributed by atoms with E-state index in [9.17, 15) is 0 Å². The van der Waals surface area contributed by atoms with Gasteiger partial charge in [0.05, 0.1) is 0 Å². The fourth-order valence-electron chi connectivity index (χ4n) is 0.892. The molecule has 0 bridgehead atoms. The van der Waals surface area contributed by atoms with Crippen molar-refractivity contribution in [2.75, 3.05) is 6.54 Å². The molecule has 0 fully saturated rings. The topological polar surface area (TPSA) is 26.0 Å². The van der Waals surface area contributed by atoms with E-state index in [1.165, 1.54) is 0 Å². The Morgan fingerprint density at radius 2 is 2.00 bits per heavy atom. The van der Waals surface area contributed by atoms with Gasteiger partial charge >= 0.3 is 0 Å². The summed E-state index contributed by atoms with van der Waals surface area (Å²) in [6.07, 6.45) is 6.65. The molecule has 0 aliphatic carbocycles. The summed E-state index contributed by atoms with van der Waals surface area (Å²) in [7, 11) is 0.